The average Bonchev–Trinajstić information content (AvgIpc) is 2.51. The van der Waals surface area contributed by atoms with Crippen LogP contribution in [0.1, 0.15) is 34.3 Å². The zero-order valence-electron chi connectivity index (χ0n) is 13.8. The quantitative estimate of drug-likeness (QED) is 0.437. The molecule has 7 heteroatoms. The summed E-state index contributed by atoms with van der Waals surface area (Å²) in [5, 5.41) is 19.0. The zero-order chi connectivity index (χ0) is 17.8. The van der Waals surface area contributed by atoms with Crippen molar-refractivity contribution in [1.82, 2.24) is 0 Å². The first-order valence-electron chi connectivity index (χ1n) is 7.02. The van der Waals surface area contributed by atoms with Gasteiger partial charge in [-0.3, -0.25) is 4.79 Å². The second-order valence-corrected chi connectivity index (χ2v) is 4.61. The number of aryl methyl sites for hydroxylation is 1. The number of hydrogen-bond donors (Lipinski definition) is 2. The molecular formula is C16H24O7. The molecule has 130 valence electrons. The van der Waals surface area contributed by atoms with E-state index in [1.54, 1.807) is 40.2 Å². The van der Waals surface area contributed by atoms with Gasteiger partial charge in [-0.15, -0.1) is 0 Å². The molecule has 1 aromatic carbocycles. The highest BCUT2D eigenvalue weighted by Gasteiger charge is 2.24. The molecule has 23 heavy (non-hydrogen) atoms. The normalized spacial score (nSPS) is 12.4. The summed E-state index contributed by atoms with van der Waals surface area (Å²) >= 11 is 0. The van der Waals surface area contributed by atoms with Crippen LogP contribution in [0.5, 0.6) is 0 Å². The van der Waals surface area contributed by atoms with Crippen molar-refractivity contribution in [1.29, 1.82) is 0 Å². The fourth-order valence-electron chi connectivity index (χ4n) is 1.93. The van der Waals surface area contributed by atoms with Crippen molar-refractivity contribution in [2.24, 2.45) is 0 Å². The SMILES string of the molecule is CCOC(=O)c1ccc(C(CO)C(O)OC=O)c(C)c1.COC. The summed E-state index contributed by atoms with van der Waals surface area (Å²) in [6.07, 6.45) is -1.44. The average molecular weight is 328 g/mol. The van der Waals surface area contributed by atoms with E-state index < -0.39 is 24.8 Å². The Morgan fingerprint density at radius 3 is 2.39 bits per heavy atom. The molecule has 2 atom stereocenters. The Kier molecular flexibility index (Phi) is 10.6. The highest BCUT2D eigenvalue weighted by atomic mass is 16.6. The van der Waals surface area contributed by atoms with Crippen LogP contribution in [0, 0.1) is 6.92 Å². The number of esters is 1. The van der Waals surface area contributed by atoms with E-state index in [1.165, 1.54) is 6.07 Å². The maximum absolute atomic E-state index is 11.6. The molecule has 7 nitrogen and oxygen atoms in total. The Labute approximate surface area is 135 Å². The summed E-state index contributed by atoms with van der Waals surface area (Å²) < 4.78 is 13.6. The lowest BCUT2D eigenvalue weighted by Crippen LogP contribution is -2.25. The van der Waals surface area contributed by atoms with E-state index >= 15 is 0 Å². The highest BCUT2D eigenvalue weighted by molar-refractivity contribution is 5.89. The Morgan fingerprint density at radius 2 is 1.96 bits per heavy atom. The lowest BCUT2D eigenvalue weighted by atomic mass is 9.93. The molecule has 0 spiro atoms. The molecule has 0 amide bonds. The third kappa shape index (κ3) is 6.77. The number of carbonyl (C=O) groups excluding carboxylic acids is 2. The smallest absolute Gasteiger partial charge is 0.338 e. The second kappa shape index (κ2) is 11.6. The number of hydrogen-bond acceptors (Lipinski definition) is 7. The van der Waals surface area contributed by atoms with Gasteiger partial charge in [0.25, 0.3) is 6.47 Å². The van der Waals surface area contributed by atoms with Crippen molar-refractivity contribution >= 4 is 12.4 Å². The molecule has 0 aliphatic rings. The van der Waals surface area contributed by atoms with Crippen LogP contribution in [0.2, 0.25) is 0 Å². The molecule has 0 fully saturated rings. The van der Waals surface area contributed by atoms with E-state index in [2.05, 4.69) is 9.47 Å². The third-order valence-electron chi connectivity index (χ3n) is 2.92. The Balaban J connectivity index is 0.00000149. The molecule has 0 heterocycles. The van der Waals surface area contributed by atoms with Gasteiger partial charge in [0.05, 0.1) is 24.7 Å². The van der Waals surface area contributed by atoms with Crippen molar-refractivity contribution in [2.75, 3.05) is 27.4 Å². The number of methoxy groups -OCH3 is 1. The summed E-state index contributed by atoms with van der Waals surface area (Å²) in [5.41, 5.74) is 1.66. The van der Waals surface area contributed by atoms with E-state index in [0.717, 1.165) is 0 Å². The van der Waals surface area contributed by atoms with Gasteiger partial charge in [0.15, 0.2) is 0 Å². The minimum Gasteiger partial charge on any atom is -0.462 e. The van der Waals surface area contributed by atoms with Crippen LogP contribution in [0.3, 0.4) is 0 Å². The Hall–Kier alpha value is -1.96. The van der Waals surface area contributed by atoms with E-state index in [0.29, 0.717) is 16.7 Å². The largest absolute Gasteiger partial charge is 0.462 e. The van der Waals surface area contributed by atoms with Crippen LogP contribution in [0.4, 0.5) is 0 Å². The molecule has 0 saturated carbocycles. The minimum atomic E-state index is -1.44. The van der Waals surface area contributed by atoms with E-state index in [4.69, 9.17) is 4.74 Å². The summed E-state index contributed by atoms with van der Waals surface area (Å²) in [6, 6.07) is 4.74. The lowest BCUT2D eigenvalue weighted by molar-refractivity contribution is -0.157. The van der Waals surface area contributed by atoms with Crippen molar-refractivity contribution in [2.45, 2.75) is 26.1 Å². The number of aliphatic hydroxyl groups is 2. The predicted octanol–water partition coefficient (Wildman–Crippen LogP) is 1.00. The van der Waals surface area contributed by atoms with Crippen LogP contribution >= 0.6 is 0 Å². The van der Waals surface area contributed by atoms with Crippen LogP contribution < -0.4 is 0 Å². The summed E-state index contributed by atoms with van der Waals surface area (Å²) in [5.74, 6) is -1.20. The Bertz CT molecular complexity index is 487. The first-order valence-corrected chi connectivity index (χ1v) is 7.02. The van der Waals surface area contributed by atoms with Gasteiger partial charge in [-0.05, 0) is 37.1 Å². The lowest BCUT2D eigenvalue weighted by Gasteiger charge is -2.21. The maximum atomic E-state index is 11.6. The molecule has 2 N–H and O–H groups in total. The van der Waals surface area contributed by atoms with Gasteiger partial charge in [-0.25, -0.2) is 4.79 Å². The van der Waals surface area contributed by atoms with E-state index in [-0.39, 0.29) is 13.1 Å². The predicted molar refractivity (Wildman–Crippen MR) is 83.1 cm³/mol. The van der Waals surface area contributed by atoms with Gasteiger partial charge in [-0.1, -0.05) is 6.07 Å². The summed E-state index contributed by atoms with van der Waals surface area (Å²) in [7, 11) is 3.25. The zero-order valence-corrected chi connectivity index (χ0v) is 13.8. The molecule has 1 rings (SSSR count). The van der Waals surface area contributed by atoms with Crippen molar-refractivity contribution < 1.29 is 34.0 Å². The highest BCUT2D eigenvalue weighted by Crippen LogP contribution is 2.24. The van der Waals surface area contributed by atoms with Crippen molar-refractivity contribution in [3.05, 3.63) is 34.9 Å². The molecule has 0 aliphatic carbocycles. The van der Waals surface area contributed by atoms with Crippen molar-refractivity contribution in [3.8, 4) is 0 Å². The second-order valence-electron chi connectivity index (χ2n) is 4.61. The van der Waals surface area contributed by atoms with Crippen LogP contribution in [0.25, 0.3) is 0 Å². The molecule has 0 bridgehead atoms. The summed E-state index contributed by atoms with van der Waals surface area (Å²) in [4.78, 5) is 21.8. The van der Waals surface area contributed by atoms with Crippen LogP contribution in [0.15, 0.2) is 18.2 Å². The molecule has 0 aliphatic heterocycles. The number of rotatable bonds is 7. The monoisotopic (exact) mass is 328 g/mol. The minimum absolute atomic E-state index is 0.121. The number of benzene rings is 1. The fourth-order valence-corrected chi connectivity index (χ4v) is 1.93. The topological polar surface area (TPSA) is 102 Å². The molecule has 0 saturated heterocycles. The van der Waals surface area contributed by atoms with E-state index in [9.17, 15) is 19.8 Å². The Morgan fingerprint density at radius 1 is 1.35 bits per heavy atom. The number of aliphatic hydroxyl groups excluding tert-OH is 2. The first-order chi connectivity index (χ1) is 11.0. The van der Waals surface area contributed by atoms with Gasteiger partial charge in [0.2, 0.25) is 6.29 Å². The maximum Gasteiger partial charge on any atom is 0.338 e. The van der Waals surface area contributed by atoms with Gasteiger partial charge >= 0.3 is 5.97 Å². The van der Waals surface area contributed by atoms with Crippen LogP contribution in [-0.4, -0.2) is 56.4 Å². The molecule has 0 aromatic heterocycles. The molecule has 0 radical (unpaired) electrons. The molecule has 2 unspecified atom stereocenters. The summed E-state index contributed by atoms with van der Waals surface area (Å²) in [6.45, 7) is 3.46. The van der Waals surface area contributed by atoms with E-state index in [1.807, 2.05) is 0 Å². The first kappa shape index (κ1) is 21.0. The standard InChI is InChI=1S/C14H18O6.C2H6O/c1-3-19-13(17)10-4-5-11(9(2)6-10)12(7-15)14(18)20-8-16;1-3-2/h4-6,8,12,14-15,18H,3,7H2,1-2H3;1-2H3. The van der Waals surface area contributed by atoms with Gasteiger partial charge < -0.3 is 24.4 Å². The molecular weight excluding hydrogens is 304 g/mol. The van der Waals surface area contributed by atoms with Gasteiger partial charge in [0, 0.05) is 14.2 Å². The van der Waals surface area contributed by atoms with Gasteiger partial charge in [0.1, 0.15) is 0 Å². The number of ether oxygens (including phenoxy) is 3. The van der Waals surface area contributed by atoms with Gasteiger partial charge in [-0.2, -0.15) is 0 Å². The number of carbonyl (C=O) groups is 2. The van der Waals surface area contributed by atoms with Crippen LogP contribution in [-0.2, 0) is 19.0 Å². The van der Waals surface area contributed by atoms with Crippen molar-refractivity contribution in [3.63, 3.8) is 0 Å². The molecule has 1 aromatic rings. The fraction of sp³-hybridized carbons (Fsp3) is 0.500. The third-order valence-corrected chi connectivity index (χ3v) is 2.92.